The molecule has 96 valence electrons. The topological polar surface area (TPSA) is 45.0 Å². The van der Waals surface area contributed by atoms with Gasteiger partial charge in [0.05, 0.1) is 17.7 Å². The molecular formula is C14H17ClN2O. The summed E-state index contributed by atoms with van der Waals surface area (Å²) in [7, 11) is 1.76. The first-order valence-corrected chi connectivity index (χ1v) is 6.57. The second kappa shape index (κ2) is 6.19. The molecule has 18 heavy (non-hydrogen) atoms. The first-order chi connectivity index (χ1) is 8.74. The molecule has 1 N–H and O–H groups in total. The number of methoxy groups -OCH3 is 1. The second-order valence-electron chi connectivity index (χ2n) is 4.61. The van der Waals surface area contributed by atoms with Gasteiger partial charge in [0.25, 0.3) is 0 Å². The van der Waals surface area contributed by atoms with Gasteiger partial charge in [0.1, 0.15) is 0 Å². The minimum Gasteiger partial charge on any atom is -0.380 e. The van der Waals surface area contributed by atoms with Gasteiger partial charge in [-0.2, -0.15) is 5.26 Å². The van der Waals surface area contributed by atoms with Gasteiger partial charge >= 0.3 is 0 Å². The van der Waals surface area contributed by atoms with Gasteiger partial charge in [-0.25, -0.2) is 0 Å². The summed E-state index contributed by atoms with van der Waals surface area (Å²) < 4.78 is 5.44. The third kappa shape index (κ3) is 3.02. The van der Waals surface area contributed by atoms with Crippen molar-refractivity contribution in [2.45, 2.75) is 38.0 Å². The zero-order valence-corrected chi connectivity index (χ0v) is 11.2. The zero-order valence-electron chi connectivity index (χ0n) is 10.4. The Balaban J connectivity index is 1.96. The largest absolute Gasteiger partial charge is 0.380 e. The molecule has 2 unspecified atom stereocenters. The molecule has 0 radical (unpaired) electrons. The first kappa shape index (κ1) is 13.4. The Hall–Kier alpha value is -1.08. The van der Waals surface area contributed by atoms with Crippen LogP contribution in [0.5, 0.6) is 0 Å². The lowest BCUT2D eigenvalue weighted by molar-refractivity contribution is 0.0847. The molecule has 0 saturated heterocycles. The lowest BCUT2D eigenvalue weighted by atomic mass is 10.1. The molecule has 4 heteroatoms. The maximum Gasteiger partial charge on any atom is 0.0992 e. The molecule has 0 spiro atoms. The van der Waals surface area contributed by atoms with Crippen LogP contribution in [0.25, 0.3) is 0 Å². The highest BCUT2D eigenvalue weighted by atomic mass is 35.5. The summed E-state index contributed by atoms with van der Waals surface area (Å²) in [6, 6.07) is 7.90. The predicted molar refractivity (Wildman–Crippen MR) is 71.4 cm³/mol. The summed E-state index contributed by atoms with van der Waals surface area (Å²) in [5, 5.41) is 12.9. The molecule has 1 aromatic carbocycles. The third-order valence-electron chi connectivity index (χ3n) is 3.49. The predicted octanol–water partition coefficient (Wildman–Crippen LogP) is 2.87. The average Bonchev–Trinajstić information content (AvgIpc) is 2.84. The van der Waals surface area contributed by atoms with Crippen molar-refractivity contribution < 1.29 is 4.74 Å². The van der Waals surface area contributed by atoms with Gasteiger partial charge in [0.15, 0.2) is 0 Å². The summed E-state index contributed by atoms with van der Waals surface area (Å²) >= 11 is 6.14. The van der Waals surface area contributed by atoms with E-state index in [1.807, 2.05) is 6.07 Å². The Morgan fingerprint density at radius 2 is 2.33 bits per heavy atom. The first-order valence-electron chi connectivity index (χ1n) is 6.19. The fourth-order valence-electron chi connectivity index (χ4n) is 2.44. The molecule has 1 aromatic rings. The van der Waals surface area contributed by atoms with Crippen LogP contribution >= 0.6 is 11.6 Å². The highest BCUT2D eigenvalue weighted by Crippen LogP contribution is 2.23. The highest BCUT2D eigenvalue weighted by molar-refractivity contribution is 6.31. The molecule has 0 amide bonds. The molecule has 2 rings (SSSR count). The molecule has 0 aliphatic heterocycles. The average molecular weight is 265 g/mol. The van der Waals surface area contributed by atoms with E-state index in [1.165, 1.54) is 6.42 Å². The van der Waals surface area contributed by atoms with Crippen LogP contribution in [-0.2, 0) is 11.3 Å². The van der Waals surface area contributed by atoms with E-state index in [1.54, 1.807) is 19.2 Å². The SMILES string of the molecule is COC1CCCC1NCc1ccc(C#N)cc1Cl. The molecule has 0 bridgehead atoms. The van der Waals surface area contributed by atoms with E-state index in [-0.39, 0.29) is 0 Å². The van der Waals surface area contributed by atoms with Gasteiger partial charge in [-0.15, -0.1) is 0 Å². The molecule has 1 saturated carbocycles. The number of rotatable bonds is 4. The number of hydrogen-bond donors (Lipinski definition) is 1. The minimum atomic E-state index is 0.308. The van der Waals surface area contributed by atoms with Gasteiger partial charge in [0.2, 0.25) is 0 Å². The number of nitriles is 1. The normalized spacial score (nSPS) is 22.9. The van der Waals surface area contributed by atoms with Crippen molar-refractivity contribution in [3.8, 4) is 6.07 Å². The lowest BCUT2D eigenvalue weighted by Crippen LogP contribution is -2.36. The molecule has 1 aliphatic rings. The smallest absolute Gasteiger partial charge is 0.0992 e. The van der Waals surface area contributed by atoms with Crippen molar-refractivity contribution in [3.63, 3.8) is 0 Å². The number of ether oxygens (including phenoxy) is 1. The van der Waals surface area contributed by atoms with Crippen molar-refractivity contribution in [2.24, 2.45) is 0 Å². The maximum absolute atomic E-state index is 8.78. The maximum atomic E-state index is 8.78. The van der Waals surface area contributed by atoms with Crippen molar-refractivity contribution >= 4 is 11.6 Å². The van der Waals surface area contributed by atoms with Crippen LogP contribution in [0.1, 0.15) is 30.4 Å². The minimum absolute atomic E-state index is 0.308. The van der Waals surface area contributed by atoms with Gasteiger partial charge in [-0.05, 0) is 37.0 Å². The Morgan fingerprint density at radius 3 is 3.00 bits per heavy atom. The summed E-state index contributed by atoms with van der Waals surface area (Å²) in [5.74, 6) is 0. The molecule has 0 heterocycles. The zero-order chi connectivity index (χ0) is 13.0. The van der Waals surface area contributed by atoms with Crippen LogP contribution in [0.2, 0.25) is 5.02 Å². The van der Waals surface area contributed by atoms with Crippen molar-refractivity contribution in [1.82, 2.24) is 5.32 Å². The summed E-state index contributed by atoms with van der Waals surface area (Å²) in [6.45, 7) is 0.717. The van der Waals surface area contributed by atoms with Crippen molar-refractivity contribution in [1.29, 1.82) is 5.26 Å². The molecule has 2 atom stereocenters. The molecule has 1 aliphatic carbocycles. The third-order valence-corrected chi connectivity index (χ3v) is 3.84. The fourth-order valence-corrected chi connectivity index (χ4v) is 2.69. The van der Waals surface area contributed by atoms with E-state index >= 15 is 0 Å². The van der Waals surface area contributed by atoms with Crippen LogP contribution in [0, 0.1) is 11.3 Å². The van der Waals surface area contributed by atoms with Gasteiger partial charge in [-0.1, -0.05) is 17.7 Å². The molecular weight excluding hydrogens is 248 g/mol. The standard InChI is InChI=1S/C14H17ClN2O/c1-18-14-4-2-3-13(14)17-9-11-6-5-10(8-16)7-12(11)15/h5-7,13-14,17H,2-4,9H2,1H3. The number of halogens is 1. The van der Waals surface area contributed by atoms with E-state index in [0.29, 0.717) is 22.7 Å². The van der Waals surface area contributed by atoms with Crippen LogP contribution < -0.4 is 5.32 Å². The summed E-state index contributed by atoms with van der Waals surface area (Å²) in [5.41, 5.74) is 1.62. The second-order valence-corrected chi connectivity index (χ2v) is 5.02. The Morgan fingerprint density at radius 1 is 1.50 bits per heavy atom. The Bertz CT molecular complexity index is 456. The van der Waals surface area contributed by atoms with E-state index < -0.39 is 0 Å². The number of nitrogens with one attached hydrogen (secondary N) is 1. The molecule has 1 fully saturated rings. The van der Waals surface area contributed by atoms with Gasteiger partial charge in [-0.3, -0.25) is 0 Å². The van der Waals surface area contributed by atoms with Gasteiger partial charge in [0, 0.05) is 24.7 Å². The van der Waals surface area contributed by atoms with E-state index in [9.17, 15) is 0 Å². The number of nitrogens with zero attached hydrogens (tertiary/aromatic N) is 1. The van der Waals surface area contributed by atoms with Crippen molar-refractivity contribution in [3.05, 3.63) is 34.3 Å². The van der Waals surface area contributed by atoms with Crippen LogP contribution in [0.15, 0.2) is 18.2 Å². The summed E-state index contributed by atoms with van der Waals surface area (Å²) in [4.78, 5) is 0. The van der Waals surface area contributed by atoms with E-state index in [0.717, 1.165) is 24.9 Å². The van der Waals surface area contributed by atoms with E-state index in [2.05, 4.69) is 11.4 Å². The van der Waals surface area contributed by atoms with Crippen LogP contribution in [0.3, 0.4) is 0 Å². The fraction of sp³-hybridized carbons (Fsp3) is 0.500. The Labute approximate surface area is 113 Å². The quantitative estimate of drug-likeness (QED) is 0.910. The lowest BCUT2D eigenvalue weighted by Gasteiger charge is -2.20. The monoisotopic (exact) mass is 264 g/mol. The number of benzene rings is 1. The number of hydrogen-bond acceptors (Lipinski definition) is 3. The highest BCUT2D eigenvalue weighted by Gasteiger charge is 2.26. The van der Waals surface area contributed by atoms with Gasteiger partial charge < -0.3 is 10.1 Å². The molecule has 3 nitrogen and oxygen atoms in total. The van der Waals surface area contributed by atoms with Crippen LogP contribution in [-0.4, -0.2) is 19.3 Å². The molecule has 0 aromatic heterocycles. The Kier molecular flexibility index (Phi) is 4.60. The summed E-state index contributed by atoms with van der Waals surface area (Å²) in [6.07, 6.45) is 3.78. The van der Waals surface area contributed by atoms with Crippen molar-refractivity contribution in [2.75, 3.05) is 7.11 Å². The van der Waals surface area contributed by atoms with Crippen LogP contribution in [0.4, 0.5) is 0 Å². The van der Waals surface area contributed by atoms with E-state index in [4.69, 9.17) is 21.6 Å².